The van der Waals surface area contributed by atoms with Gasteiger partial charge in [-0.3, -0.25) is 4.79 Å². The molecule has 0 aliphatic heterocycles. The lowest BCUT2D eigenvalue weighted by molar-refractivity contribution is 0.102. The minimum atomic E-state index is -0.406. The average molecular weight is 343 g/mol. The van der Waals surface area contributed by atoms with Gasteiger partial charge in [-0.1, -0.05) is 17.7 Å². The molecule has 0 spiro atoms. The molecular weight excluding hydrogens is 333 g/mol. The molecule has 2 rings (SSSR count). The molecule has 0 radical (unpaired) electrons. The Morgan fingerprint density at radius 3 is 2.63 bits per heavy atom. The van der Waals surface area contributed by atoms with E-state index in [4.69, 9.17) is 11.6 Å². The Kier molecular flexibility index (Phi) is 4.22. The third-order valence-corrected chi connectivity index (χ3v) is 3.52. The molecular formula is C14H10BrClFNO. The van der Waals surface area contributed by atoms with Gasteiger partial charge in [0.05, 0.1) is 16.3 Å². The topological polar surface area (TPSA) is 29.1 Å². The first-order valence-corrected chi connectivity index (χ1v) is 6.67. The van der Waals surface area contributed by atoms with E-state index in [9.17, 15) is 9.18 Å². The fraction of sp³-hybridized carbons (Fsp3) is 0.0714. The Balaban J connectivity index is 2.25. The van der Waals surface area contributed by atoms with Crippen LogP contribution in [0.1, 0.15) is 15.9 Å². The lowest BCUT2D eigenvalue weighted by atomic mass is 10.2. The van der Waals surface area contributed by atoms with E-state index < -0.39 is 5.82 Å². The van der Waals surface area contributed by atoms with Crippen LogP contribution in [0.5, 0.6) is 0 Å². The maximum absolute atomic E-state index is 13.0. The summed E-state index contributed by atoms with van der Waals surface area (Å²) in [5.74, 6) is -0.755. The summed E-state index contributed by atoms with van der Waals surface area (Å²) in [7, 11) is 0. The smallest absolute Gasteiger partial charge is 0.256 e. The van der Waals surface area contributed by atoms with Gasteiger partial charge in [0.2, 0.25) is 0 Å². The summed E-state index contributed by atoms with van der Waals surface area (Å²) in [6.45, 7) is 1.91. The Morgan fingerprint density at radius 1 is 1.26 bits per heavy atom. The summed E-state index contributed by atoms with van der Waals surface area (Å²) in [5.41, 5.74) is 1.87. The molecule has 2 aromatic carbocycles. The summed E-state index contributed by atoms with van der Waals surface area (Å²) in [4.78, 5) is 12.1. The van der Waals surface area contributed by atoms with Gasteiger partial charge < -0.3 is 5.32 Å². The zero-order valence-electron chi connectivity index (χ0n) is 10.0. The second kappa shape index (κ2) is 5.72. The molecule has 0 saturated heterocycles. The molecule has 0 aliphatic rings. The number of anilines is 1. The number of hydrogen-bond acceptors (Lipinski definition) is 1. The maximum atomic E-state index is 13.0. The van der Waals surface area contributed by atoms with Crippen LogP contribution in [-0.4, -0.2) is 5.91 Å². The van der Waals surface area contributed by atoms with Gasteiger partial charge in [0, 0.05) is 4.47 Å². The molecule has 0 fully saturated rings. The first kappa shape index (κ1) is 14.0. The van der Waals surface area contributed by atoms with Crippen molar-refractivity contribution in [2.75, 3.05) is 5.32 Å². The standard InChI is InChI=1S/C14H10BrClFNO/c1-8-2-5-13(12(16)6-8)18-14(19)10-4-3-9(17)7-11(10)15/h2-7H,1H3,(H,18,19). The van der Waals surface area contributed by atoms with Gasteiger partial charge in [-0.25, -0.2) is 4.39 Å². The number of rotatable bonds is 2. The van der Waals surface area contributed by atoms with Crippen molar-refractivity contribution >= 4 is 39.1 Å². The van der Waals surface area contributed by atoms with Gasteiger partial charge in [-0.2, -0.15) is 0 Å². The highest BCUT2D eigenvalue weighted by Crippen LogP contribution is 2.25. The van der Waals surface area contributed by atoms with E-state index in [1.807, 2.05) is 13.0 Å². The van der Waals surface area contributed by atoms with Crippen LogP contribution in [0, 0.1) is 12.7 Å². The van der Waals surface area contributed by atoms with E-state index in [1.165, 1.54) is 18.2 Å². The molecule has 98 valence electrons. The molecule has 0 unspecified atom stereocenters. The average Bonchev–Trinajstić information content (AvgIpc) is 2.32. The van der Waals surface area contributed by atoms with Crippen LogP contribution in [0.4, 0.5) is 10.1 Å². The fourth-order valence-electron chi connectivity index (χ4n) is 1.58. The third-order valence-electron chi connectivity index (χ3n) is 2.55. The highest BCUT2D eigenvalue weighted by Gasteiger charge is 2.12. The summed E-state index contributed by atoms with van der Waals surface area (Å²) in [6, 6.07) is 9.23. The summed E-state index contributed by atoms with van der Waals surface area (Å²) in [5, 5.41) is 3.16. The van der Waals surface area contributed by atoms with Crippen LogP contribution in [-0.2, 0) is 0 Å². The molecule has 1 amide bonds. The predicted molar refractivity (Wildman–Crippen MR) is 78.2 cm³/mol. The SMILES string of the molecule is Cc1ccc(NC(=O)c2ccc(F)cc2Br)c(Cl)c1. The molecule has 2 nitrogen and oxygen atoms in total. The zero-order chi connectivity index (χ0) is 14.0. The van der Waals surface area contributed by atoms with Gasteiger partial charge in [0.1, 0.15) is 5.82 Å². The highest BCUT2D eigenvalue weighted by atomic mass is 79.9. The molecule has 0 atom stereocenters. The third kappa shape index (κ3) is 3.33. The van der Waals surface area contributed by atoms with Crippen molar-refractivity contribution in [2.24, 2.45) is 0 Å². The molecule has 0 aromatic heterocycles. The number of nitrogens with one attached hydrogen (secondary N) is 1. The largest absolute Gasteiger partial charge is 0.321 e. The van der Waals surface area contributed by atoms with E-state index in [1.54, 1.807) is 12.1 Å². The minimum absolute atomic E-state index is 0.345. The molecule has 0 bridgehead atoms. The van der Waals surface area contributed by atoms with Crippen LogP contribution in [0.2, 0.25) is 5.02 Å². The van der Waals surface area contributed by atoms with Crippen LogP contribution in [0.25, 0.3) is 0 Å². The minimum Gasteiger partial charge on any atom is -0.321 e. The Hall–Kier alpha value is -1.39. The monoisotopic (exact) mass is 341 g/mol. The Labute approximate surface area is 123 Å². The summed E-state index contributed by atoms with van der Waals surface area (Å²) >= 11 is 9.20. The van der Waals surface area contributed by atoms with Crippen molar-refractivity contribution in [3.8, 4) is 0 Å². The number of benzene rings is 2. The molecule has 1 N–H and O–H groups in total. The maximum Gasteiger partial charge on any atom is 0.256 e. The normalized spacial score (nSPS) is 10.3. The van der Waals surface area contributed by atoms with E-state index >= 15 is 0 Å². The lowest BCUT2D eigenvalue weighted by Crippen LogP contribution is -2.13. The van der Waals surface area contributed by atoms with Gasteiger partial charge >= 0.3 is 0 Å². The molecule has 0 heterocycles. The molecule has 5 heteroatoms. The van der Waals surface area contributed by atoms with Crippen LogP contribution >= 0.6 is 27.5 Å². The van der Waals surface area contributed by atoms with E-state index in [0.717, 1.165) is 5.56 Å². The van der Waals surface area contributed by atoms with E-state index in [2.05, 4.69) is 21.2 Å². The van der Waals surface area contributed by atoms with Crippen LogP contribution < -0.4 is 5.32 Å². The zero-order valence-corrected chi connectivity index (χ0v) is 12.3. The molecule has 19 heavy (non-hydrogen) atoms. The van der Waals surface area contributed by atoms with Crippen LogP contribution in [0.3, 0.4) is 0 Å². The predicted octanol–water partition coefficient (Wildman–Crippen LogP) is 4.80. The van der Waals surface area contributed by atoms with Crippen molar-refractivity contribution in [1.29, 1.82) is 0 Å². The first-order chi connectivity index (χ1) is 8.97. The molecule has 0 aliphatic carbocycles. The number of amides is 1. The molecule has 0 saturated carbocycles. The van der Waals surface area contributed by atoms with Crippen molar-refractivity contribution in [2.45, 2.75) is 6.92 Å². The summed E-state index contributed by atoms with van der Waals surface area (Å²) < 4.78 is 13.4. The van der Waals surface area contributed by atoms with Crippen molar-refractivity contribution in [3.05, 3.63) is 62.8 Å². The number of hydrogen-bond donors (Lipinski definition) is 1. The number of carbonyl (C=O) groups is 1. The quantitative estimate of drug-likeness (QED) is 0.834. The van der Waals surface area contributed by atoms with Gasteiger partial charge in [0.15, 0.2) is 0 Å². The lowest BCUT2D eigenvalue weighted by Gasteiger charge is -2.09. The molecule has 2 aromatic rings. The van der Waals surface area contributed by atoms with Crippen molar-refractivity contribution < 1.29 is 9.18 Å². The first-order valence-electron chi connectivity index (χ1n) is 5.50. The fourth-order valence-corrected chi connectivity index (χ4v) is 2.40. The van der Waals surface area contributed by atoms with E-state index in [0.29, 0.717) is 20.7 Å². The number of aryl methyl sites for hydroxylation is 1. The number of carbonyl (C=O) groups excluding carboxylic acids is 1. The van der Waals surface area contributed by atoms with Gasteiger partial charge in [-0.15, -0.1) is 0 Å². The van der Waals surface area contributed by atoms with E-state index in [-0.39, 0.29) is 5.91 Å². The second-order valence-electron chi connectivity index (χ2n) is 4.06. The van der Waals surface area contributed by atoms with Gasteiger partial charge in [-0.05, 0) is 58.7 Å². The highest BCUT2D eigenvalue weighted by molar-refractivity contribution is 9.10. The second-order valence-corrected chi connectivity index (χ2v) is 5.32. The van der Waals surface area contributed by atoms with Crippen molar-refractivity contribution in [1.82, 2.24) is 0 Å². The van der Waals surface area contributed by atoms with Gasteiger partial charge in [0.25, 0.3) is 5.91 Å². The Morgan fingerprint density at radius 2 is 2.00 bits per heavy atom. The Bertz CT molecular complexity index is 645. The summed E-state index contributed by atoms with van der Waals surface area (Å²) in [6.07, 6.45) is 0. The number of halogens is 3. The van der Waals surface area contributed by atoms with Crippen LogP contribution in [0.15, 0.2) is 40.9 Å². The van der Waals surface area contributed by atoms with Crippen molar-refractivity contribution in [3.63, 3.8) is 0 Å².